The summed E-state index contributed by atoms with van der Waals surface area (Å²) in [5.41, 5.74) is 2.15. The van der Waals surface area contributed by atoms with Gasteiger partial charge >= 0.3 is 0 Å². The van der Waals surface area contributed by atoms with Crippen molar-refractivity contribution in [2.24, 2.45) is 0 Å². The lowest BCUT2D eigenvalue weighted by Gasteiger charge is -2.28. The minimum atomic E-state index is -0.542. The van der Waals surface area contributed by atoms with Gasteiger partial charge in [0.25, 0.3) is 0 Å². The summed E-state index contributed by atoms with van der Waals surface area (Å²) in [6.07, 6.45) is 0. The quantitative estimate of drug-likeness (QED) is 0.729. The third-order valence-corrected chi connectivity index (χ3v) is 5.31. The van der Waals surface area contributed by atoms with Crippen molar-refractivity contribution in [2.45, 2.75) is 31.3 Å². The van der Waals surface area contributed by atoms with Gasteiger partial charge in [0, 0.05) is 23.5 Å². The van der Waals surface area contributed by atoms with Crippen molar-refractivity contribution in [3.05, 3.63) is 64.7 Å². The Hall–Kier alpha value is -1.98. The zero-order valence-electron chi connectivity index (χ0n) is 15.2. The Morgan fingerprint density at radius 3 is 2.31 bits per heavy atom. The summed E-state index contributed by atoms with van der Waals surface area (Å²) < 4.78 is 0. The number of likely N-dealkylation sites (N-methyl/N-ethyl adjacent to an activating group) is 1. The van der Waals surface area contributed by atoms with Gasteiger partial charge in [-0.05, 0) is 43.7 Å². The fraction of sp³-hybridized carbons (Fsp3) is 0.300. The Balaban J connectivity index is 2.10. The number of carbonyl (C=O) groups excluding carboxylic acids is 2. The van der Waals surface area contributed by atoms with E-state index in [-0.39, 0.29) is 17.6 Å². The maximum Gasteiger partial charge on any atom is 0.242 e. The number of halogens is 1. The van der Waals surface area contributed by atoms with Crippen molar-refractivity contribution in [3.63, 3.8) is 0 Å². The molecule has 2 aromatic carbocycles. The average molecular weight is 391 g/mol. The molecule has 0 saturated heterocycles. The first kappa shape index (κ1) is 20.3. The number of hydrogen-bond donors (Lipinski definition) is 1. The smallest absolute Gasteiger partial charge is 0.242 e. The van der Waals surface area contributed by atoms with Crippen LogP contribution >= 0.6 is 23.4 Å². The monoisotopic (exact) mass is 390 g/mol. The highest BCUT2D eigenvalue weighted by Gasteiger charge is 2.25. The van der Waals surface area contributed by atoms with Crippen LogP contribution in [-0.2, 0) is 16.1 Å². The molecule has 0 aromatic heterocycles. The maximum atomic E-state index is 12.8. The van der Waals surface area contributed by atoms with Crippen molar-refractivity contribution in [1.29, 1.82) is 0 Å². The molecule has 2 rings (SSSR count). The van der Waals surface area contributed by atoms with E-state index in [1.165, 1.54) is 11.8 Å². The SMILES string of the molecule is CNC(=O)[C@H](C)N(Cc1ccc(C)cc1)C(=O)CSc1ccc(Cl)cc1. The predicted molar refractivity (Wildman–Crippen MR) is 107 cm³/mol. The van der Waals surface area contributed by atoms with Gasteiger partial charge in [0.15, 0.2) is 0 Å². The third-order valence-electron chi connectivity index (χ3n) is 4.06. The van der Waals surface area contributed by atoms with Gasteiger partial charge in [-0.2, -0.15) is 0 Å². The number of benzene rings is 2. The van der Waals surface area contributed by atoms with E-state index in [2.05, 4.69) is 5.32 Å². The first-order valence-corrected chi connectivity index (χ1v) is 9.72. The summed E-state index contributed by atoms with van der Waals surface area (Å²) in [6.45, 7) is 4.16. The van der Waals surface area contributed by atoms with Crippen LogP contribution in [0.2, 0.25) is 5.02 Å². The molecule has 0 spiro atoms. The molecule has 0 aliphatic rings. The molecule has 4 nitrogen and oxygen atoms in total. The van der Waals surface area contributed by atoms with Crippen molar-refractivity contribution < 1.29 is 9.59 Å². The predicted octanol–water partition coefficient (Wildman–Crippen LogP) is 3.90. The molecule has 138 valence electrons. The van der Waals surface area contributed by atoms with Gasteiger partial charge in [0.2, 0.25) is 11.8 Å². The van der Waals surface area contributed by atoms with Gasteiger partial charge in [-0.3, -0.25) is 9.59 Å². The van der Waals surface area contributed by atoms with Gasteiger partial charge in [-0.25, -0.2) is 0 Å². The highest BCUT2D eigenvalue weighted by atomic mass is 35.5. The molecule has 0 bridgehead atoms. The second kappa shape index (κ2) is 9.64. The van der Waals surface area contributed by atoms with Crippen LogP contribution in [0.15, 0.2) is 53.4 Å². The van der Waals surface area contributed by atoms with E-state index < -0.39 is 6.04 Å². The first-order chi connectivity index (χ1) is 12.4. The van der Waals surface area contributed by atoms with Gasteiger partial charge < -0.3 is 10.2 Å². The van der Waals surface area contributed by atoms with Crippen LogP contribution in [-0.4, -0.2) is 35.6 Å². The van der Waals surface area contributed by atoms with E-state index in [1.54, 1.807) is 31.0 Å². The molecule has 0 fully saturated rings. The second-order valence-electron chi connectivity index (χ2n) is 6.04. The summed E-state index contributed by atoms with van der Waals surface area (Å²) in [6, 6.07) is 14.8. The number of carbonyl (C=O) groups is 2. The normalized spacial score (nSPS) is 11.7. The number of nitrogens with zero attached hydrogens (tertiary/aromatic N) is 1. The number of nitrogens with one attached hydrogen (secondary N) is 1. The Labute approximate surface area is 163 Å². The zero-order chi connectivity index (χ0) is 19.1. The van der Waals surface area contributed by atoms with E-state index in [1.807, 2.05) is 43.3 Å². The topological polar surface area (TPSA) is 49.4 Å². The minimum absolute atomic E-state index is 0.0818. The number of amides is 2. The molecule has 2 aromatic rings. The van der Waals surface area contributed by atoms with Gasteiger partial charge in [0.05, 0.1) is 5.75 Å². The molecule has 0 radical (unpaired) electrons. The van der Waals surface area contributed by atoms with Crippen LogP contribution in [0.25, 0.3) is 0 Å². The molecule has 0 aliphatic heterocycles. The van der Waals surface area contributed by atoms with E-state index in [0.717, 1.165) is 16.0 Å². The van der Waals surface area contributed by atoms with Crippen LogP contribution in [0.4, 0.5) is 0 Å². The molecule has 26 heavy (non-hydrogen) atoms. The van der Waals surface area contributed by atoms with Crippen LogP contribution in [0, 0.1) is 6.92 Å². The highest BCUT2D eigenvalue weighted by Crippen LogP contribution is 2.21. The molecule has 0 saturated carbocycles. The van der Waals surface area contributed by atoms with Crippen molar-refractivity contribution in [3.8, 4) is 0 Å². The average Bonchev–Trinajstić information content (AvgIpc) is 2.65. The maximum absolute atomic E-state index is 12.8. The van der Waals surface area contributed by atoms with Gasteiger partial charge in [-0.1, -0.05) is 41.4 Å². The van der Waals surface area contributed by atoms with E-state index in [4.69, 9.17) is 11.6 Å². The van der Waals surface area contributed by atoms with Crippen LogP contribution < -0.4 is 5.32 Å². The minimum Gasteiger partial charge on any atom is -0.357 e. The van der Waals surface area contributed by atoms with Crippen LogP contribution in [0.3, 0.4) is 0 Å². The molecule has 1 atom stereocenters. The number of thioether (sulfide) groups is 1. The van der Waals surface area contributed by atoms with Gasteiger partial charge in [-0.15, -0.1) is 11.8 Å². The molecule has 2 amide bonds. The summed E-state index contributed by atoms with van der Waals surface area (Å²) in [5.74, 6) is -0.00182. The Morgan fingerprint density at radius 2 is 1.73 bits per heavy atom. The van der Waals surface area contributed by atoms with Gasteiger partial charge in [0.1, 0.15) is 6.04 Å². The van der Waals surface area contributed by atoms with Crippen LogP contribution in [0.1, 0.15) is 18.1 Å². The fourth-order valence-electron chi connectivity index (χ4n) is 2.44. The lowest BCUT2D eigenvalue weighted by Crippen LogP contribution is -2.47. The second-order valence-corrected chi connectivity index (χ2v) is 7.53. The largest absolute Gasteiger partial charge is 0.357 e. The number of aryl methyl sites for hydroxylation is 1. The van der Waals surface area contributed by atoms with Crippen LogP contribution in [0.5, 0.6) is 0 Å². The molecule has 1 N–H and O–H groups in total. The lowest BCUT2D eigenvalue weighted by atomic mass is 10.1. The molecule has 0 heterocycles. The third kappa shape index (κ3) is 5.78. The fourth-order valence-corrected chi connectivity index (χ4v) is 3.35. The Kier molecular flexibility index (Phi) is 7.54. The Bertz CT molecular complexity index is 747. The van der Waals surface area contributed by atoms with E-state index >= 15 is 0 Å². The van der Waals surface area contributed by atoms with Crippen molar-refractivity contribution in [2.75, 3.05) is 12.8 Å². The van der Waals surface area contributed by atoms with E-state index in [0.29, 0.717) is 11.6 Å². The standard InChI is InChI=1S/C20H23ClN2O2S/c1-14-4-6-16(7-5-14)12-23(15(2)20(25)22-3)19(24)13-26-18-10-8-17(21)9-11-18/h4-11,15H,12-13H2,1-3H3,(H,22,25)/t15-/m0/s1. The summed E-state index contributed by atoms with van der Waals surface area (Å²) in [7, 11) is 1.58. The summed E-state index contributed by atoms with van der Waals surface area (Å²) in [5, 5.41) is 3.28. The number of hydrogen-bond acceptors (Lipinski definition) is 3. The highest BCUT2D eigenvalue weighted by molar-refractivity contribution is 8.00. The molecular weight excluding hydrogens is 368 g/mol. The number of rotatable bonds is 7. The van der Waals surface area contributed by atoms with Crippen molar-refractivity contribution >= 4 is 35.2 Å². The molecular formula is C20H23ClN2O2S. The van der Waals surface area contributed by atoms with Crippen molar-refractivity contribution in [1.82, 2.24) is 10.2 Å². The van der Waals surface area contributed by atoms with E-state index in [9.17, 15) is 9.59 Å². The molecule has 0 unspecified atom stereocenters. The Morgan fingerprint density at radius 1 is 1.12 bits per heavy atom. The first-order valence-electron chi connectivity index (χ1n) is 8.35. The molecule has 6 heteroatoms. The molecule has 0 aliphatic carbocycles. The lowest BCUT2D eigenvalue weighted by molar-refractivity contribution is -0.138. The summed E-state index contributed by atoms with van der Waals surface area (Å²) >= 11 is 7.32. The summed E-state index contributed by atoms with van der Waals surface area (Å²) in [4.78, 5) is 27.5. The zero-order valence-corrected chi connectivity index (χ0v) is 16.7.